The van der Waals surface area contributed by atoms with E-state index in [9.17, 15) is 9.60 Å². The second kappa shape index (κ2) is 6.96. The molecule has 0 radical (unpaired) electrons. The van der Waals surface area contributed by atoms with Crippen LogP contribution in [-0.2, 0) is 4.84 Å². The molecule has 28 heavy (non-hydrogen) atoms. The largest absolute Gasteiger partial charge is 0.621 e. The van der Waals surface area contributed by atoms with Crippen LogP contribution >= 0.6 is 11.6 Å². The van der Waals surface area contributed by atoms with E-state index < -0.39 is 11.1 Å². The summed E-state index contributed by atoms with van der Waals surface area (Å²) in [7, 11) is 0. The monoisotopic (exact) mass is 410 g/mol. The Bertz CT molecular complexity index is 757. The number of halogens is 2. The lowest BCUT2D eigenvalue weighted by Gasteiger charge is -2.52. The third kappa shape index (κ3) is 3.57. The van der Waals surface area contributed by atoms with Gasteiger partial charge in [0.2, 0.25) is 5.71 Å². The number of hydroxylamine groups is 3. The Morgan fingerprint density at radius 3 is 2.11 bits per heavy atom. The van der Waals surface area contributed by atoms with Crippen molar-refractivity contribution >= 4 is 17.3 Å². The van der Waals surface area contributed by atoms with E-state index >= 15 is 0 Å². The maximum absolute atomic E-state index is 13.6. The molecule has 0 N–H and O–H groups in total. The minimum absolute atomic E-state index is 0.0489. The molecule has 0 spiro atoms. The number of piperidine rings is 1. The fraction of sp³-hybridized carbons (Fsp3) is 0.682. The molecule has 2 aliphatic heterocycles. The predicted molar refractivity (Wildman–Crippen MR) is 111 cm³/mol. The van der Waals surface area contributed by atoms with Gasteiger partial charge in [-0.3, -0.25) is 0 Å². The van der Waals surface area contributed by atoms with Crippen LogP contribution in [-0.4, -0.2) is 38.2 Å². The van der Waals surface area contributed by atoms with Crippen LogP contribution in [0, 0.1) is 16.4 Å². The molecule has 1 unspecified atom stereocenters. The molecule has 1 aromatic carbocycles. The molecule has 2 aliphatic rings. The average molecular weight is 411 g/mol. The van der Waals surface area contributed by atoms with Crippen molar-refractivity contribution in [3.63, 3.8) is 0 Å². The lowest BCUT2D eigenvalue weighted by Crippen LogP contribution is -2.63. The molecule has 1 fully saturated rings. The fourth-order valence-corrected chi connectivity index (χ4v) is 5.28. The first-order valence-corrected chi connectivity index (χ1v) is 10.5. The van der Waals surface area contributed by atoms with Crippen molar-refractivity contribution in [1.82, 2.24) is 5.06 Å². The topological polar surface area (TPSA) is 38.5 Å². The van der Waals surface area contributed by atoms with Crippen LogP contribution in [0.2, 0.25) is 0 Å². The first-order valence-electron chi connectivity index (χ1n) is 10.0. The van der Waals surface area contributed by atoms with Gasteiger partial charge in [0.15, 0.2) is 0 Å². The minimum atomic E-state index is -1.19. The summed E-state index contributed by atoms with van der Waals surface area (Å²) in [4.78, 5) is 6.56. The summed E-state index contributed by atoms with van der Waals surface area (Å²) >= 11 is 6.40. The molecule has 0 saturated carbocycles. The lowest BCUT2D eigenvalue weighted by atomic mass is 9.80. The standard InChI is InChI=1S/C22H32ClFN2O2/c1-19(2)14-22(15-23,25(27)18(19)16-8-10-17(24)11-9-16)28-26-20(3,4)12-7-13-21(26,5)6/h8-11H,7,12-15H2,1-6H3. The molecule has 3 rings (SSSR count). The third-order valence-corrected chi connectivity index (χ3v) is 6.61. The van der Waals surface area contributed by atoms with E-state index in [0.717, 1.165) is 24.0 Å². The molecule has 0 aromatic heterocycles. The fourth-order valence-electron chi connectivity index (χ4n) is 5.03. The van der Waals surface area contributed by atoms with Gasteiger partial charge in [0, 0.05) is 16.6 Å². The van der Waals surface area contributed by atoms with E-state index in [1.807, 2.05) is 18.9 Å². The maximum Gasteiger partial charge on any atom is 0.308 e. The van der Waals surface area contributed by atoms with Crippen LogP contribution in [0.4, 0.5) is 4.39 Å². The van der Waals surface area contributed by atoms with Crippen molar-refractivity contribution in [2.24, 2.45) is 5.41 Å². The molecule has 0 aliphatic carbocycles. The quantitative estimate of drug-likeness (QED) is 0.375. The molecule has 0 amide bonds. The number of benzene rings is 1. The second-order valence-corrected chi connectivity index (χ2v) is 10.4. The SMILES string of the molecule is CC1(C)CC(CCl)(ON2C(C)(C)CCCC2(C)C)[N+]([O-])=C1c1ccc(F)cc1. The van der Waals surface area contributed by atoms with E-state index in [1.165, 1.54) is 12.1 Å². The van der Waals surface area contributed by atoms with Crippen LogP contribution in [0.3, 0.4) is 0 Å². The highest BCUT2D eigenvalue weighted by Gasteiger charge is 2.60. The van der Waals surface area contributed by atoms with Gasteiger partial charge in [-0.05, 0) is 85.1 Å². The first-order chi connectivity index (χ1) is 12.8. The Morgan fingerprint density at radius 2 is 1.61 bits per heavy atom. The van der Waals surface area contributed by atoms with Crippen molar-refractivity contribution in [1.29, 1.82) is 0 Å². The summed E-state index contributed by atoms with van der Waals surface area (Å²) in [6, 6.07) is 6.06. The Hall–Kier alpha value is -1.17. The molecule has 4 nitrogen and oxygen atoms in total. The van der Waals surface area contributed by atoms with Crippen LogP contribution in [0.5, 0.6) is 0 Å². The Kier molecular flexibility index (Phi) is 5.35. The summed E-state index contributed by atoms with van der Waals surface area (Å²) in [5.41, 5.74) is -0.774. The maximum atomic E-state index is 13.6. The zero-order valence-corrected chi connectivity index (χ0v) is 18.6. The number of hydrogen-bond acceptors (Lipinski definition) is 3. The Morgan fingerprint density at radius 1 is 1.07 bits per heavy atom. The van der Waals surface area contributed by atoms with Crippen molar-refractivity contribution in [3.05, 3.63) is 40.9 Å². The highest BCUT2D eigenvalue weighted by atomic mass is 35.5. The van der Waals surface area contributed by atoms with E-state index in [0.29, 0.717) is 17.7 Å². The van der Waals surface area contributed by atoms with E-state index in [1.54, 1.807) is 12.1 Å². The molecule has 2 heterocycles. The molecule has 1 aromatic rings. The van der Waals surface area contributed by atoms with Crippen molar-refractivity contribution in [3.8, 4) is 0 Å². The summed E-state index contributed by atoms with van der Waals surface area (Å²) in [5, 5.41) is 15.6. The highest BCUT2D eigenvalue weighted by Crippen LogP contribution is 2.46. The molecule has 0 bridgehead atoms. The summed E-state index contributed by atoms with van der Waals surface area (Å²) in [5.74, 6) is -0.276. The van der Waals surface area contributed by atoms with Crippen molar-refractivity contribution < 1.29 is 14.0 Å². The summed E-state index contributed by atoms with van der Waals surface area (Å²) in [6.45, 7) is 12.6. The van der Waals surface area contributed by atoms with E-state index in [-0.39, 0.29) is 22.8 Å². The van der Waals surface area contributed by atoms with Crippen LogP contribution in [0.25, 0.3) is 0 Å². The normalized spacial score (nSPS) is 29.3. The van der Waals surface area contributed by atoms with Gasteiger partial charge in [-0.15, -0.1) is 11.6 Å². The average Bonchev–Trinajstić information content (AvgIpc) is 2.78. The summed E-state index contributed by atoms with van der Waals surface area (Å²) < 4.78 is 14.3. The number of hydrogen-bond donors (Lipinski definition) is 0. The molecule has 1 atom stereocenters. The van der Waals surface area contributed by atoms with E-state index in [4.69, 9.17) is 16.4 Å². The van der Waals surface area contributed by atoms with Crippen LogP contribution in [0.1, 0.15) is 72.8 Å². The molecular formula is C22H32ClFN2O2. The lowest BCUT2D eigenvalue weighted by molar-refractivity contribution is -0.631. The van der Waals surface area contributed by atoms with Gasteiger partial charge in [0.25, 0.3) is 0 Å². The van der Waals surface area contributed by atoms with Gasteiger partial charge in [0.1, 0.15) is 11.7 Å². The molecule has 1 saturated heterocycles. The Labute approximate surface area is 172 Å². The van der Waals surface area contributed by atoms with Gasteiger partial charge < -0.3 is 5.21 Å². The smallest absolute Gasteiger partial charge is 0.308 e. The van der Waals surface area contributed by atoms with E-state index in [2.05, 4.69) is 27.7 Å². The number of alkyl halides is 1. The number of nitrogens with zero attached hydrogens (tertiary/aromatic N) is 2. The molecular weight excluding hydrogens is 379 g/mol. The van der Waals surface area contributed by atoms with Crippen LogP contribution < -0.4 is 0 Å². The molecule has 156 valence electrons. The van der Waals surface area contributed by atoms with Crippen molar-refractivity contribution in [2.45, 2.75) is 84.0 Å². The first kappa shape index (κ1) is 21.5. The van der Waals surface area contributed by atoms with Gasteiger partial charge in [0.05, 0.1) is 11.8 Å². The third-order valence-electron chi connectivity index (χ3n) is 6.20. The van der Waals surface area contributed by atoms with Gasteiger partial charge in [-0.1, -0.05) is 0 Å². The zero-order chi connectivity index (χ0) is 21.0. The number of rotatable bonds is 4. The Balaban J connectivity index is 2.06. The minimum Gasteiger partial charge on any atom is -0.621 e. The second-order valence-electron chi connectivity index (χ2n) is 10.2. The van der Waals surface area contributed by atoms with Gasteiger partial charge in [-0.25, -0.2) is 9.23 Å². The highest BCUT2D eigenvalue weighted by molar-refractivity contribution is 6.18. The summed E-state index contributed by atoms with van der Waals surface area (Å²) in [6.07, 6.45) is 3.56. The van der Waals surface area contributed by atoms with Gasteiger partial charge in [-0.2, -0.15) is 9.80 Å². The van der Waals surface area contributed by atoms with Gasteiger partial charge >= 0.3 is 5.72 Å². The van der Waals surface area contributed by atoms with Crippen LogP contribution in [0.15, 0.2) is 24.3 Å². The molecule has 6 heteroatoms. The predicted octanol–water partition coefficient (Wildman–Crippen LogP) is 5.46. The van der Waals surface area contributed by atoms with Crippen molar-refractivity contribution in [2.75, 3.05) is 5.88 Å². The zero-order valence-electron chi connectivity index (χ0n) is 17.8.